The summed E-state index contributed by atoms with van der Waals surface area (Å²) in [6, 6.07) is 7.98. The molecule has 0 atom stereocenters. The molecule has 0 aliphatic rings. The molecule has 5 nitrogen and oxygen atoms in total. The van der Waals surface area contributed by atoms with Crippen molar-refractivity contribution in [1.29, 1.82) is 0 Å². The van der Waals surface area contributed by atoms with Crippen molar-refractivity contribution in [3.63, 3.8) is 0 Å². The molecule has 1 aromatic carbocycles. The molecule has 102 valence electrons. The van der Waals surface area contributed by atoms with Gasteiger partial charge >= 0.3 is 0 Å². The van der Waals surface area contributed by atoms with Crippen LogP contribution in [0.1, 0.15) is 13.8 Å². The Kier molecular flexibility index (Phi) is 3.85. The van der Waals surface area contributed by atoms with Gasteiger partial charge in [0.1, 0.15) is 6.33 Å². The van der Waals surface area contributed by atoms with Gasteiger partial charge in [-0.05, 0) is 12.1 Å². The lowest BCUT2D eigenvalue weighted by Crippen LogP contribution is -2.27. The predicted molar refractivity (Wildman–Crippen MR) is 75.8 cm³/mol. The molecule has 1 heterocycles. The minimum absolute atomic E-state index is 0.145. The van der Waals surface area contributed by atoms with Gasteiger partial charge in [0.25, 0.3) is 0 Å². The first-order valence-electron chi connectivity index (χ1n) is 6.32. The molecule has 0 spiro atoms. The summed E-state index contributed by atoms with van der Waals surface area (Å²) in [6.45, 7) is 4.88. The minimum Gasteiger partial charge on any atom is -0.396 e. The highest BCUT2D eigenvalue weighted by atomic mass is 16.3. The molecule has 2 N–H and O–H groups in total. The van der Waals surface area contributed by atoms with Crippen LogP contribution in [-0.4, -0.2) is 33.0 Å². The van der Waals surface area contributed by atoms with E-state index in [0.29, 0.717) is 6.54 Å². The fraction of sp³-hybridized carbons (Fsp3) is 0.429. The van der Waals surface area contributed by atoms with Crippen molar-refractivity contribution in [3.05, 3.63) is 30.6 Å². The SMILES string of the molecule is Cn1cnnc1-c1ccccc1NCC(C)(C)CO. The third-order valence-corrected chi connectivity index (χ3v) is 3.06. The summed E-state index contributed by atoms with van der Waals surface area (Å²) in [4.78, 5) is 0. The first-order chi connectivity index (χ1) is 9.03. The molecule has 0 aliphatic heterocycles. The molecular formula is C14H20N4O. The van der Waals surface area contributed by atoms with E-state index in [2.05, 4.69) is 15.5 Å². The van der Waals surface area contributed by atoms with Crippen molar-refractivity contribution in [2.45, 2.75) is 13.8 Å². The van der Waals surface area contributed by atoms with E-state index >= 15 is 0 Å². The summed E-state index contributed by atoms with van der Waals surface area (Å²) in [5.41, 5.74) is 1.85. The number of aliphatic hydroxyl groups excluding tert-OH is 1. The molecule has 2 rings (SSSR count). The van der Waals surface area contributed by atoms with Crippen LogP contribution >= 0.6 is 0 Å². The van der Waals surface area contributed by atoms with Gasteiger partial charge in [0, 0.05) is 36.9 Å². The Morgan fingerprint density at radius 2 is 2.05 bits per heavy atom. The van der Waals surface area contributed by atoms with Gasteiger partial charge in [0.2, 0.25) is 0 Å². The Balaban J connectivity index is 2.25. The predicted octanol–water partition coefficient (Wildman–Crippen LogP) is 1.91. The van der Waals surface area contributed by atoms with E-state index in [1.165, 1.54) is 0 Å². The van der Waals surface area contributed by atoms with Crippen molar-refractivity contribution in [2.24, 2.45) is 12.5 Å². The number of anilines is 1. The zero-order chi connectivity index (χ0) is 13.9. The normalized spacial score (nSPS) is 11.6. The van der Waals surface area contributed by atoms with Crippen LogP contribution in [-0.2, 0) is 7.05 Å². The van der Waals surface area contributed by atoms with Gasteiger partial charge in [-0.2, -0.15) is 0 Å². The number of benzene rings is 1. The highest BCUT2D eigenvalue weighted by Crippen LogP contribution is 2.26. The van der Waals surface area contributed by atoms with E-state index in [9.17, 15) is 5.11 Å². The average molecular weight is 260 g/mol. The van der Waals surface area contributed by atoms with Gasteiger partial charge in [-0.25, -0.2) is 0 Å². The van der Waals surface area contributed by atoms with Crippen LogP contribution < -0.4 is 5.32 Å². The number of hydrogen-bond donors (Lipinski definition) is 2. The number of nitrogens with one attached hydrogen (secondary N) is 1. The highest BCUT2D eigenvalue weighted by Gasteiger charge is 2.17. The summed E-state index contributed by atoms with van der Waals surface area (Å²) in [6.07, 6.45) is 1.68. The summed E-state index contributed by atoms with van der Waals surface area (Å²) >= 11 is 0. The van der Waals surface area contributed by atoms with E-state index in [0.717, 1.165) is 17.1 Å². The van der Waals surface area contributed by atoms with Crippen LogP contribution in [0.4, 0.5) is 5.69 Å². The summed E-state index contributed by atoms with van der Waals surface area (Å²) in [5.74, 6) is 0.824. The zero-order valence-electron chi connectivity index (χ0n) is 11.6. The van der Waals surface area contributed by atoms with Crippen molar-refractivity contribution in [2.75, 3.05) is 18.5 Å². The van der Waals surface area contributed by atoms with Crippen molar-refractivity contribution >= 4 is 5.69 Å². The Morgan fingerprint density at radius 3 is 2.68 bits per heavy atom. The first kappa shape index (κ1) is 13.5. The number of aliphatic hydroxyl groups is 1. The Morgan fingerprint density at radius 1 is 1.32 bits per heavy atom. The molecule has 19 heavy (non-hydrogen) atoms. The molecular weight excluding hydrogens is 240 g/mol. The molecule has 2 aromatic rings. The average Bonchev–Trinajstić information content (AvgIpc) is 2.83. The van der Waals surface area contributed by atoms with Gasteiger partial charge in [0.05, 0.1) is 0 Å². The van der Waals surface area contributed by atoms with Gasteiger partial charge in [0.15, 0.2) is 5.82 Å². The Bertz CT molecular complexity index is 548. The van der Waals surface area contributed by atoms with Gasteiger partial charge < -0.3 is 15.0 Å². The van der Waals surface area contributed by atoms with Crippen LogP contribution in [0.5, 0.6) is 0 Å². The molecule has 0 radical (unpaired) electrons. The molecule has 0 saturated carbocycles. The summed E-state index contributed by atoms with van der Waals surface area (Å²) in [7, 11) is 1.92. The highest BCUT2D eigenvalue weighted by molar-refractivity contribution is 5.73. The molecule has 0 fully saturated rings. The van der Waals surface area contributed by atoms with E-state index in [-0.39, 0.29) is 12.0 Å². The second-order valence-corrected chi connectivity index (χ2v) is 5.49. The fourth-order valence-corrected chi connectivity index (χ4v) is 1.75. The number of aromatic nitrogens is 3. The number of para-hydroxylation sites is 1. The zero-order valence-corrected chi connectivity index (χ0v) is 11.6. The fourth-order valence-electron chi connectivity index (χ4n) is 1.75. The van der Waals surface area contributed by atoms with Crippen LogP contribution in [0, 0.1) is 5.41 Å². The van der Waals surface area contributed by atoms with Crippen LogP contribution in [0.15, 0.2) is 30.6 Å². The maximum atomic E-state index is 9.30. The third-order valence-electron chi connectivity index (χ3n) is 3.06. The Labute approximate surface area is 113 Å². The van der Waals surface area contributed by atoms with E-state index < -0.39 is 0 Å². The second-order valence-electron chi connectivity index (χ2n) is 5.49. The standard InChI is InChI=1S/C14H20N4O/c1-14(2,9-19)8-15-12-7-5-4-6-11(12)13-17-16-10-18(13)3/h4-7,10,15,19H,8-9H2,1-3H3. The van der Waals surface area contributed by atoms with E-state index in [4.69, 9.17) is 0 Å². The number of rotatable bonds is 5. The molecule has 1 aromatic heterocycles. The van der Waals surface area contributed by atoms with Gasteiger partial charge in [-0.15, -0.1) is 10.2 Å². The van der Waals surface area contributed by atoms with Gasteiger partial charge in [-0.1, -0.05) is 26.0 Å². The molecule has 0 bridgehead atoms. The van der Waals surface area contributed by atoms with Crippen molar-refractivity contribution in [3.8, 4) is 11.4 Å². The molecule has 0 saturated heterocycles. The largest absolute Gasteiger partial charge is 0.396 e. The lowest BCUT2D eigenvalue weighted by atomic mass is 9.94. The van der Waals surface area contributed by atoms with Crippen molar-refractivity contribution < 1.29 is 5.11 Å². The quantitative estimate of drug-likeness (QED) is 0.862. The molecule has 5 heteroatoms. The minimum atomic E-state index is -0.160. The Hall–Kier alpha value is -1.88. The lowest BCUT2D eigenvalue weighted by Gasteiger charge is -2.23. The van der Waals surface area contributed by atoms with Crippen LogP contribution in [0.3, 0.4) is 0 Å². The molecule has 0 aliphatic carbocycles. The molecule has 0 unspecified atom stereocenters. The van der Waals surface area contributed by atoms with Crippen LogP contribution in [0.2, 0.25) is 0 Å². The smallest absolute Gasteiger partial charge is 0.165 e. The molecule has 0 amide bonds. The maximum Gasteiger partial charge on any atom is 0.165 e. The van der Waals surface area contributed by atoms with E-state index in [1.807, 2.05) is 49.7 Å². The maximum absolute atomic E-state index is 9.30. The van der Waals surface area contributed by atoms with Crippen LogP contribution in [0.25, 0.3) is 11.4 Å². The number of nitrogens with zero attached hydrogens (tertiary/aromatic N) is 3. The summed E-state index contributed by atoms with van der Waals surface area (Å²) < 4.78 is 1.89. The van der Waals surface area contributed by atoms with Crippen molar-refractivity contribution in [1.82, 2.24) is 14.8 Å². The second kappa shape index (κ2) is 5.40. The third kappa shape index (κ3) is 3.12. The number of aryl methyl sites for hydroxylation is 1. The van der Waals surface area contributed by atoms with E-state index in [1.54, 1.807) is 6.33 Å². The lowest BCUT2D eigenvalue weighted by molar-refractivity contribution is 0.171. The number of hydrogen-bond acceptors (Lipinski definition) is 4. The topological polar surface area (TPSA) is 63.0 Å². The monoisotopic (exact) mass is 260 g/mol. The van der Waals surface area contributed by atoms with Gasteiger partial charge in [-0.3, -0.25) is 0 Å². The first-order valence-corrected chi connectivity index (χ1v) is 6.32. The summed E-state index contributed by atoms with van der Waals surface area (Å²) in [5, 5.41) is 20.7.